The van der Waals surface area contributed by atoms with Crippen LogP contribution in [0, 0.1) is 0 Å². The number of ether oxygens (including phenoxy) is 1. The van der Waals surface area contributed by atoms with E-state index in [1.807, 2.05) is 0 Å². The van der Waals surface area contributed by atoms with E-state index < -0.39 is 0 Å². The molecule has 1 aromatic rings. The van der Waals surface area contributed by atoms with Crippen LogP contribution in [-0.2, 0) is 24.1 Å². The Hall–Kier alpha value is -0.490. The molecule has 1 fully saturated rings. The Kier molecular flexibility index (Phi) is 4.91. The molecular weight excluding hydrogens is 234 g/mol. The average molecular weight is 255 g/mol. The highest BCUT2D eigenvalue weighted by atomic mass is 32.1. The van der Waals surface area contributed by atoms with Gasteiger partial charge in [-0.3, -0.25) is 4.90 Å². The molecule has 4 nitrogen and oxygen atoms in total. The van der Waals surface area contributed by atoms with Crippen LogP contribution >= 0.6 is 11.3 Å². The third kappa shape index (κ3) is 3.48. The number of rotatable bonds is 5. The number of hydrogen-bond acceptors (Lipinski definition) is 5. The second kappa shape index (κ2) is 6.44. The minimum Gasteiger partial charge on any atom is -0.379 e. The van der Waals surface area contributed by atoms with Crippen LogP contribution in [0.4, 0.5) is 0 Å². The summed E-state index contributed by atoms with van der Waals surface area (Å²) in [6, 6.07) is 0. The fourth-order valence-electron chi connectivity index (χ4n) is 2.06. The van der Waals surface area contributed by atoms with Crippen molar-refractivity contribution in [3.8, 4) is 0 Å². The van der Waals surface area contributed by atoms with Gasteiger partial charge in [-0.2, -0.15) is 0 Å². The van der Waals surface area contributed by atoms with E-state index in [1.165, 1.54) is 15.6 Å². The summed E-state index contributed by atoms with van der Waals surface area (Å²) in [5.41, 5.74) is 6.91. The maximum absolute atomic E-state index is 5.72. The summed E-state index contributed by atoms with van der Waals surface area (Å²) in [5.74, 6) is 0. The van der Waals surface area contributed by atoms with Crippen LogP contribution in [-0.4, -0.2) is 42.7 Å². The van der Waals surface area contributed by atoms with Crippen molar-refractivity contribution in [1.29, 1.82) is 0 Å². The predicted octanol–water partition coefficient (Wildman–Crippen LogP) is 1.04. The number of nitrogens with zero attached hydrogens (tertiary/aromatic N) is 2. The van der Waals surface area contributed by atoms with Crippen molar-refractivity contribution in [3.63, 3.8) is 0 Å². The number of hydrogen-bond donors (Lipinski definition) is 1. The summed E-state index contributed by atoms with van der Waals surface area (Å²) < 4.78 is 5.34. The second-order valence-electron chi connectivity index (χ2n) is 4.24. The molecule has 0 spiro atoms. The molecule has 0 saturated carbocycles. The molecule has 2 rings (SSSR count). The molecule has 0 atom stereocenters. The quantitative estimate of drug-likeness (QED) is 0.854. The molecule has 1 aliphatic rings. The van der Waals surface area contributed by atoms with Gasteiger partial charge in [0.1, 0.15) is 0 Å². The lowest BCUT2D eigenvalue weighted by Gasteiger charge is -2.25. The Morgan fingerprint density at radius 1 is 1.41 bits per heavy atom. The van der Waals surface area contributed by atoms with Gasteiger partial charge in [-0.15, -0.1) is 11.3 Å². The molecule has 96 valence electrons. The van der Waals surface area contributed by atoms with E-state index in [1.54, 1.807) is 11.3 Å². The molecule has 1 aliphatic heterocycles. The second-order valence-corrected chi connectivity index (χ2v) is 5.41. The van der Waals surface area contributed by atoms with E-state index in [0.29, 0.717) is 6.54 Å². The molecule has 17 heavy (non-hydrogen) atoms. The molecule has 0 aliphatic carbocycles. The van der Waals surface area contributed by atoms with Gasteiger partial charge in [0.25, 0.3) is 0 Å². The van der Waals surface area contributed by atoms with Gasteiger partial charge in [-0.1, -0.05) is 6.92 Å². The first-order valence-corrected chi connectivity index (χ1v) is 7.12. The SMILES string of the molecule is CCc1nc(CCN2CCOCC2)sc1CN. The average Bonchev–Trinajstić information content (AvgIpc) is 2.80. The lowest BCUT2D eigenvalue weighted by molar-refractivity contribution is 0.0384. The van der Waals surface area contributed by atoms with Crippen molar-refractivity contribution in [2.45, 2.75) is 26.3 Å². The van der Waals surface area contributed by atoms with E-state index in [4.69, 9.17) is 10.5 Å². The van der Waals surface area contributed by atoms with Gasteiger partial charge in [0.05, 0.1) is 23.9 Å². The van der Waals surface area contributed by atoms with Crippen LogP contribution in [0.5, 0.6) is 0 Å². The molecule has 2 N–H and O–H groups in total. The normalized spacial score (nSPS) is 17.5. The third-order valence-electron chi connectivity index (χ3n) is 3.09. The molecule has 0 bridgehead atoms. The molecule has 2 heterocycles. The fraction of sp³-hybridized carbons (Fsp3) is 0.750. The largest absolute Gasteiger partial charge is 0.379 e. The smallest absolute Gasteiger partial charge is 0.0944 e. The Morgan fingerprint density at radius 3 is 2.76 bits per heavy atom. The van der Waals surface area contributed by atoms with E-state index in [-0.39, 0.29) is 0 Å². The van der Waals surface area contributed by atoms with Crippen LogP contribution in [0.15, 0.2) is 0 Å². The zero-order valence-electron chi connectivity index (χ0n) is 10.4. The summed E-state index contributed by atoms with van der Waals surface area (Å²) in [5, 5.41) is 1.23. The van der Waals surface area contributed by atoms with Crippen molar-refractivity contribution < 1.29 is 4.74 Å². The molecule has 5 heteroatoms. The van der Waals surface area contributed by atoms with Gasteiger partial charge >= 0.3 is 0 Å². The summed E-state index contributed by atoms with van der Waals surface area (Å²) >= 11 is 1.78. The first-order valence-electron chi connectivity index (χ1n) is 6.31. The predicted molar refractivity (Wildman–Crippen MR) is 70.3 cm³/mol. The molecule has 0 amide bonds. The number of morpholine rings is 1. The fourth-order valence-corrected chi connectivity index (χ4v) is 3.08. The maximum Gasteiger partial charge on any atom is 0.0944 e. The highest BCUT2D eigenvalue weighted by molar-refractivity contribution is 7.11. The van der Waals surface area contributed by atoms with Crippen LogP contribution in [0.2, 0.25) is 0 Å². The van der Waals surface area contributed by atoms with E-state index >= 15 is 0 Å². The van der Waals surface area contributed by atoms with Gasteiger partial charge in [0.15, 0.2) is 0 Å². The van der Waals surface area contributed by atoms with E-state index in [2.05, 4.69) is 16.8 Å². The lowest BCUT2D eigenvalue weighted by Crippen LogP contribution is -2.37. The van der Waals surface area contributed by atoms with Gasteiger partial charge in [0.2, 0.25) is 0 Å². The maximum atomic E-state index is 5.72. The highest BCUT2D eigenvalue weighted by Crippen LogP contribution is 2.19. The molecule has 0 aromatic carbocycles. The van der Waals surface area contributed by atoms with Crippen molar-refractivity contribution in [1.82, 2.24) is 9.88 Å². The molecular formula is C12H21N3OS. The Labute approximate surface area is 107 Å². The zero-order valence-corrected chi connectivity index (χ0v) is 11.3. The minimum absolute atomic E-state index is 0.623. The Balaban J connectivity index is 1.87. The van der Waals surface area contributed by atoms with Crippen molar-refractivity contribution in [3.05, 3.63) is 15.6 Å². The summed E-state index contributed by atoms with van der Waals surface area (Å²) in [6.45, 7) is 7.69. The monoisotopic (exact) mass is 255 g/mol. The van der Waals surface area contributed by atoms with Crippen LogP contribution in [0.1, 0.15) is 22.5 Å². The summed E-state index contributed by atoms with van der Waals surface area (Å²) in [6.07, 6.45) is 2.03. The first-order chi connectivity index (χ1) is 8.33. The zero-order chi connectivity index (χ0) is 12.1. The Morgan fingerprint density at radius 2 is 2.18 bits per heavy atom. The van der Waals surface area contributed by atoms with Gasteiger partial charge < -0.3 is 10.5 Å². The minimum atomic E-state index is 0.623. The van der Waals surface area contributed by atoms with Crippen molar-refractivity contribution >= 4 is 11.3 Å². The van der Waals surface area contributed by atoms with Crippen molar-refractivity contribution in [2.24, 2.45) is 5.73 Å². The van der Waals surface area contributed by atoms with Crippen LogP contribution in [0.25, 0.3) is 0 Å². The number of thiazole rings is 1. The van der Waals surface area contributed by atoms with Crippen LogP contribution < -0.4 is 5.73 Å². The summed E-state index contributed by atoms with van der Waals surface area (Å²) in [7, 11) is 0. The van der Waals surface area contributed by atoms with Gasteiger partial charge in [-0.05, 0) is 6.42 Å². The number of aromatic nitrogens is 1. The van der Waals surface area contributed by atoms with Crippen molar-refractivity contribution in [2.75, 3.05) is 32.8 Å². The molecule has 0 radical (unpaired) electrons. The van der Waals surface area contributed by atoms with Gasteiger partial charge in [0, 0.05) is 37.5 Å². The number of aryl methyl sites for hydroxylation is 1. The Bertz CT molecular complexity index is 326. The molecule has 1 saturated heterocycles. The van der Waals surface area contributed by atoms with Crippen LogP contribution in [0.3, 0.4) is 0 Å². The first kappa shape index (κ1) is 13.0. The third-order valence-corrected chi connectivity index (χ3v) is 4.27. The standard InChI is InChI=1S/C12H21N3OS/c1-2-10-11(9-13)17-12(14-10)3-4-15-5-7-16-8-6-15/h2-9,13H2,1H3. The van der Waals surface area contributed by atoms with Gasteiger partial charge in [-0.25, -0.2) is 4.98 Å². The highest BCUT2D eigenvalue weighted by Gasteiger charge is 2.12. The lowest BCUT2D eigenvalue weighted by atomic mass is 10.3. The molecule has 0 unspecified atom stereocenters. The topological polar surface area (TPSA) is 51.4 Å². The van der Waals surface area contributed by atoms with E-state index in [0.717, 1.165) is 45.7 Å². The number of nitrogens with two attached hydrogens (primary N) is 1. The van der Waals surface area contributed by atoms with E-state index in [9.17, 15) is 0 Å². The molecule has 1 aromatic heterocycles. The summed E-state index contributed by atoms with van der Waals surface area (Å²) in [4.78, 5) is 8.36.